The maximum atomic E-state index is 13.0. The van der Waals surface area contributed by atoms with Gasteiger partial charge in [0.15, 0.2) is 0 Å². The zero-order chi connectivity index (χ0) is 16.9. The van der Waals surface area contributed by atoms with Gasteiger partial charge < -0.3 is 10.0 Å². The minimum absolute atomic E-state index is 0.00522. The van der Waals surface area contributed by atoms with Crippen molar-refractivity contribution >= 4 is 5.91 Å². The Morgan fingerprint density at radius 3 is 2.21 bits per heavy atom. The van der Waals surface area contributed by atoms with Gasteiger partial charge in [-0.15, -0.1) is 0 Å². The number of hydrogen-bond donors (Lipinski definition) is 1. The fraction of sp³-hybridized carbons (Fsp3) is 0.286. The Kier molecular flexibility index (Phi) is 5.11. The van der Waals surface area contributed by atoms with E-state index in [1.807, 2.05) is 53.4 Å². The number of rotatable bonds is 6. The lowest BCUT2D eigenvalue weighted by Crippen LogP contribution is -2.30. The van der Waals surface area contributed by atoms with Crippen LogP contribution in [0.25, 0.3) is 0 Å². The van der Waals surface area contributed by atoms with Crippen molar-refractivity contribution in [3.05, 3.63) is 82.9 Å². The fourth-order valence-electron chi connectivity index (χ4n) is 3.53. The van der Waals surface area contributed by atoms with Crippen molar-refractivity contribution in [3.8, 4) is 0 Å². The van der Waals surface area contributed by atoms with Crippen LogP contribution < -0.4 is 0 Å². The monoisotopic (exact) mass is 321 g/mol. The maximum absolute atomic E-state index is 13.0. The van der Waals surface area contributed by atoms with Crippen molar-refractivity contribution in [1.82, 2.24) is 4.90 Å². The van der Waals surface area contributed by atoms with Gasteiger partial charge in [-0.2, -0.15) is 0 Å². The number of carbonyl (C=O) groups excluding carboxylic acids is 1. The molecule has 3 rings (SSSR count). The van der Waals surface area contributed by atoms with Gasteiger partial charge in [0.2, 0.25) is 0 Å². The SMILES string of the molecule is CCC1=C(CCO)C(=O)N(Cc2ccccc2)C1c1ccccc1. The van der Waals surface area contributed by atoms with E-state index in [9.17, 15) is 9.90 Å². The van der Waals surface area contributed by atoms with Gasteiger partial charge in [0, 0.05) is 25.1 Å². The van der Waals surface area contributed by atoms with Crippen LogP contribution in [0.2, 0.25) is 0 Å². The molecular weight excluding hydrogens is 298 g/mol. The van der Waals surface area contributed by atoms with Gasteiger partial charge in [0.05, 0.1) is 6.04 Å². The van der Waals surface area contributed by atoms with Crippen molar-refractivity contribution in [2.75, 3.05) is 6.61 Å². The van der Waals surface area contributed by atoms with E-state index >= 15 is 0 Å². The van der Waals surface area contributed by atoms with Crippen LogP contribution in [0.3, 0.4) is 0 Å². The molecule has 1 aliphatic rings. The smallest absolute Gasteiger partial charge is 0.250 e. The lowest BCUT2D eigenvalue weighted by atomic mass is 9.94. The molecule has 0 spiro atoms. The molecule has 1 atom stereocenters. The molecular formula is C21H23NO2. The third kappa shape index (κ3) is 3.13. The van der Waals surface area contributed by atoms with Gasteiger partial charge >= 0.3 is 0 Å². The Morgan fingerprint density at radius 1 is 1.00 bits per heavy atom. The number of hydrogen-bond acceptors (Lipinski definition) is 2. The van der Waals surface area contributed by atoms with E-state index in [0.29, 0.717) is 13.0 Å². The summed E-state index contributed by atoms with van der Waals surface area (Å²) < 4.78 is 0. The van der Waals surface area contributed by atoms with Crippen LogP contribution in [0.1, 0.15) is 36.9 Å². The van der Waals surface area contributed by atoms with Crippen LogP contribution in [-0.2, 0) is 11.3 Å². The normalized spacial score (nSPS) is 17.7. The number of aliphatic hydroxyl groups excluding tert-OH is 1. The second kappa shape index (κ2) is 7.45. The molecule has 0 radical (unpaired) electrons. The second-order valence-corrected chi connectivity index (χ2v) is 6.06. The Hall–Kier alpha value is -2.39. The molecule has 3 nitrogen and oxygen atoms in total. The molecule has 1 amide bonds. The Bertz CT molecular complexity index is 722. The lowest BCUT2D eigenvalue weighted by Gasteiger charge is -2.27. The highest BCUT2D eigenvalue weighted by Gasteiger charge is 2.38. The van der Waals surface area contributed by atoms with E-state index in [0.717, 1.165) is 28.7 Å². The number of aliphatic hydroxyl groups is 1. The molecule has 124 valence electrons. The van der Waals surface area contributed by atoms with Crippen molar-refractivity contribution in [2.24, 2.45) is 0 Å². The average molecular weight is 321 g/mol. The van der Waals surface area contributed by atoms with Gasteiger partial charge in [-0.25, -0.2) is 0 Å². The minimum Gasteiger partial charge on any atom is -0.396 e. The molecule has 2 aromatic rings. The number of amides is 1. The molecule has 1 unspecified atom stereocenters. The summed E-state index contributed by atoms with van der Waals surface area (Å²) in [6.07, 6.45) is 1.24. The Balaban J connectivity index is 2.01. The molecule has 0 saturated heterocycles. The van der Waals surface area contributed by atoms with Crippen LogP contribution in [0.4, 0.5) is 0 Å². The van der Waals surface area contributed by atoms with Crippen molar-refractivity contribution in [3.63, 3.8) is 0 Å². The number of nitrogens with zero attached hydrogens (tertiary/aromatic N) is 1. The lowest BCUT2D eigenvalue weighted by molar-refractivity contribution is -0.128. The maximum Gasteiger partial charge on any atom is 0.250 e. The van der Waals surface area contributed by atoms with Crippen LogP contribution in [0.5, 0.6) is 0 Å². The fourth-order valence-corrected chi connectivity index (χ4v) is 3.53. The Morgan fingerprint density at radius 2 is 1.62 bits per heavy atom. The van der Waals surface area contributed by atoms with Crippen LogP contribution >= 0.6 is 0 Å². The summed E-state index contributed by atoms with van der Waals surface area (Å²) in [6.45, 7) is 2.67. The first-order chi connectivity index (χ1) is 11.8. The van der Waals surface area contributed by atoms with E-state index < -0.39 is 0 Å². The summed E-state index contributed by atoms with van der Waals surface area (Å²) in [4.78, 5) is 14.9. The van der Waals surface area contributed by atoms with Gasteiger partial charge in [-0.3, -0.25) is 4.79 Å². The first-order valence-corrected chi connectivity index (χ1v) is 8.48. The predicted octanol–water partition coefficient (Wildman–Crippen LogP) is 3.86. The first kappa shape index (κ1) is 16.5. The van der Waals surface area contributed by atoms with E-state index in [1.165, 1.54) is 0 Å². The van der Waals surface area contributed by atoms with E-state index in [4.69, 9.17) is 0 Å². The summed E-state index contributed by atoms with van der Waals surface area (Å²) in [7, 11) is 0. The molecule has 1 heterocycles. The van der Waals surface area contributed by atoms with Crippen LogP contribution in [0.15, 0.2) is 71.8 Å². The molecule has 0 aromatic heterocycles. The van der Waals surface area contributed by atoms with Crippen LogP contribution in [0, 0.1) is 0 Å². The van der Waals surface area contributed by atoms with Crippen molar-refractivity contribution in [1.29, 1.82) is 0 Å². The molecule has 0 fully saturated rings. The zero-order valence-corrected chi connectivity index (χ0v) is 14.0. The molecule has 0 saturated carbocycles. The summed E-state index contributed by atoms with van der Waals surface area (Å²) >= 11 is 0. The molecule has 3 heteroatoms. The largest absolute Gasteiger partial charge is 0.396 e. The zero-order valence-electron chi connectivity index (χ0n) is 14.0. The quantitative estimate of drug-likeness (QED) is 0.877. The number of benzene rings is 2. The molecule has 1 N–H and O–H groups in total. The summed E-state index contributed by atoms with van der Waals surface area (Å²) in [6, 6.07) is 20.2. The third-order valence-electron chi connectivity index (χ3n) is 4.60. The van der Waals surface area contributed by atoms with E-state index in [-0.39, 0.29) is 18.6 Å². The summed E-state index contributed by atoms with van der Waals surface area (Å²) in [5.41, 5.74) is 4.17. The van der Waals surface area contributed by atoms with Gasteiger partial charge in [-0.1, -0.05) is 67.6 Å². The highest BCUT2D eigenvalue weighted by atomic mass is 16.3. The highest BCUT2D eigenvalue weighted by molar-refractivity contribution is 5.98. The standard InChI is InChI=1S/C21H23NO2/c1-2-18-19(13-14-23)21(24)22(15-16-9-5-3-6-10-16)20(18)17-11-7-4-8-12-17/h3-12,20,23H,2,13-15H2,1H3. The summed E-state index contributed by atoms with van der Waals surface area (Å²) in [5.74, 6) is 0.0543. The average Bonchev–Trinajstić information content (AvgIpc) is 2.89. The predicted molar refractivity (Wildman–Crippen MR) is 95.2 cm³/mol. The molecule has 2 aromatic carbocycles. The van der Waals surface area contributed by atoms with Crippen LogP contribution in [-0.4, -0.2) is 22.5 Å². The number of carbonyl (C=O) groups is 1. The third-order valence-corrected chi connectivity index (χ3v) is 4.60. The highest BCUT2D eigenvalue weighted by Crippen LogP contribution is 2.41. The second-order valence-electron chi connectivity index (χ2n) is 6.06. The Labute approximate surface area is 143 Å². The van der Waals surface area contributed by atoms with Gasteiger partial charge in [0.1, 0.15) is 0 Å². The first-order valence-electron chi connectivity index (χ1n) is 8.48. The molecule has 0 bridgehead atoms. The van der Waals surface area contributed by atoms with Gasteiger partial charge in [-0.05, 0) is 23.1 Å². The molecule has 1 aliphatic heterocycles. The molecule has 0 aliphatic carbocycles. The van der Waals surface area contributed by atoms with Crippen molar-refractivity contribution in [2.45, 2.75) is 32.4 Å². The van der Waals surface area contributed by atoms with Crippen molar-refractivity contribution < 1.29 is 9.90 Å². The van der Waals surface area contributed by atoms with Gasteiger partial charge in [0.25, 0.3) is 5.91 Å². The molecule has 24 heavy (non-hydrogen) atoms. The summed E-state index contributed by atoms with van der Waals surface area (Å²) in [5, 5.41) is 9.39. The minimum atomic E-state index is -0.0366. The van der Waals surface area contributed by atoms with E-state index in [1.54, 1.807) is 0 Å². The topological polar surface area (TPSA) is 40.5 Å². The van der Waals surface area contributed by atoms with E-state index in [2.05, 4.69) is 19.1 Å².